The zero-order chi connectivity index (χ0) is 21.7. The van der Waals surface area contributed by atoms with Gasteiger partial charge in [0.15, 0.2) is 19.0 Å². The molecule has 1 atom stereocenters. The third-order valence-electron chi connectivity index (χ3n) is 4.71. The number of rotatable bonds is 8. The fourth-order valence-electron chi connectivity index (χ4n) is 2.90. The van der Waals surface area contributed by atoms with Crippen LogP contribution in [0.3, 0.4) is 0 Å². The van der Waals surface area contributed by atoms with Crippen LogP contribution in [0.2, 0.25) is 0 Å². The van der Waals surface area contributed by atoms with Gasteiger partial charge in [-0.05, 0) is 43.7 Å². The third-order valence-corrected chi connectivity index (χ3v) is 4.71. The highest BCUT2D eigenvalue weighted by Crippen LogP contribution is 2.33. The number of carbonyl (C=O) groups is 3. The van der Waals surface area contributed by atoms with E-state index in [-0.39, 0.29) is 54.7 Å². The summed E-state index contributed by atoms with van der Waals surface area (Å²) in [5.74, 6) is -0.837. The molecule has 0 spiro atoms. The first-order valence-electron chi connectivity index (χ1n) is 9.65. The number of amides is 2. The quantitative estimate of drug-likeness (QED) is 0.672. The first kappa shape index (κ1) is 21.3. The second-order valence-corrected chi connectivity index (χ2v) is 7.00. The Balaban J connectivity index is 1.74. The van der Waals surface area contributed by atoms with E-state index in [1.165, 1.54) is 29.2 Å². The molecule has 2 aromatic rings. The van der Waals surface area contributed by atoms with Crippen molar-refractivity contribution in [1.29, 1.82) is 0 Å². The number of carbonyl (C=O) groups excluding carboxylic acids is 3. The fraction of sp³-hybridized carbons (Fsp3) is 0.318. The summed E-state index contributed by atoms with van der Waals surface area (Å²) in [4.78, 5) is 38.5. The van der Waals surface area contributed by atoms with Crippen LogP contribution >= 0.6 is 0 Å². The maximum Gasteiger partial charge on any atom is 0.265 e. The highest BCUT2D eigenvalue weighted by Gasteiger charge is 2.28. The van der Waals surface area contributed by atoms with Gasteiger partial charge in [0.1, 0.15) is 23.9 Å². The predicted octanol–water partition coefficient (Wildman–Crippen LogP) is 2.73. The van der Waals surface area contributed by atoms with Crippen molar-refractivity contribution in [2.45, 2.75) is 26.3 Å². The van der Waals surface area contributed by atoms with Crippen molar-refractivity contribution in [2.24, 2.45) is 0 Å². The highest BCUT2D eigenvalue weighted by atomic mass is 19.1. The van der Waals surface area contributed by atoms with Gasteiger partial charge in [0.2, 0.25) is 5.91 Å². The number of Topliss-reactive ketones (excluding diaryl/α,β-unsaturated/α-hetero) is 1. The van der Waals surface area contributed by atoms with E-state index in [1.54, 1.807) is 18.2 Å². The Bertz CT molecular complexity index is 962. The van der Waals surface area contributed by atoms with Gasteiger partial charge in [-0.3, -0.25) is 19.3 Å². The molecule has 0 aromatic heterocycles. The van der Waals surface area contributed by atoms with Crippen LogP contribution in [-0.4, -0.2) is 43.4 Å². The topological polar surface area (TPSA) is 84.9 Å². The van der Waals surface area contributed by atoms with Crippen molar-refractivity contribution < 1.29 is 28.2 Å². The Hall–Kier alpha value is -3.42. The Morgan fingerprint density at radius 3 is 2.80 bits per heavy atom. The number of hydrogen-bond acceptors (Lipinski definition) is 5. The van der Waals surface area contributed by atoms with E-state index in [0.717, 1.165) is 6.42 Å². The van der Waals surface area contributed by atoms with Gasteiger partial charge in [-0.25, -0.2) is 4.39 Å². The Labute approximate surface area is 173 Å². The van der Waals surface area contributed by atoms with Crippen LogP contribution in [-0.2, 0) is 9.59 Å². The van der Waals surface area contributed by atoms with Crippen LogP contribution in [0, 0.1) is 5.82 Å². The summed E-state index contributed by atoms with van der Waals surface area (Å²) in [6.07, 6.45) is 0.767. The molecule has 2 amide bonds. The number of fused-ring (bicyclic) bond motifs is 1. The molecule has 1 heterocycles. The van der Waals surface area contributed by atoms with Crippen molar-refractivity contribution in [3.63, 3.8) is 0 Å². The Kier molecular flexibility index (Phi) is 6.66. The van der Waals surface area contributed by atoms with Crippen LogP contribution in [0.25, 0.3) is 0 Å². The third kappa shape index (κ3) is 5.14. The zero-order valence-corrected chi connectivity index (χ0v) is 16.8. The summed E-state index contributed by atoms with van der Waals surface area (Å²) < 4.78 is 24.0. The van der Waals surface area contributed by atoms with Gasteiger partial charge in [0, 0.05) is 17.7 Å². The smallest absolute Gasteiger partial charge is 0.265 e. The first-order valence-corrected chi connectivity index (χ1v) is 9.65. The molecule has 1 N–H and O–H groups in total. The van der Waals surface area contributed by atoms with Crippen LogP contribution in [0.4, 0.5) is 10.1 Å². The maximum absolute atomic E-state index is 13.2. The van der Waals surface area contributed by atoms with E-state index in [9.17, 15) is 18.8 Å². The first-order chi connectivity index (χ1) is 14.4. The lowest BCUT2D eigenvalue weighted by Crippen LogP contribution is -2.46. The molecule has 0 radical (unpaired) electrons. The summed E-state index contributed by atoms with van der Waals surface area (Å²) in [5, 5.41) is 2.82. The fourth-order valence-corrected chi connectivity index (χ4v) is 2.90. The molecule has 158 valence electrons. The average Bonchev–Trinajstić information content (AvgIpc) is 2.73. The standard InChI is InChI=1S/C22H23FN2O5/c1-3-14(2)24-21(27)11-25-18-9-15(7-8-20(18)30-13-22(25)28)19(26)12-29-17-6-4-5-16(23)10-17/h4-10,14H,3,11-13H2,1-2H3,(H,24,27). The molecule has 8 heteroatoms. The van der Waals surface area contributed by atoms with E-state index >= 15 is 0 Å². The molecule has 0 aliphatic carbocycles. The van der Waals surface area contributed by atoms with Crippen LogP contribution in [0.15, 0.2) is 42.5 Å². The molecule has 0 fully saturated rings. The van der Waals surface area contributed by atoms with Crippen molar-refractivity contribution in [2.75, 3.05) is 24.7 Å². The SMILES string of the molecule is CCC(C)NC(=O)CN1C(=O)COc2ccc(C(=O)COc3cccc(F)c3)cc21. The molecular formula is C22H23FN2O5. The summed E-state index contributed by atoms with van der Waals surface area (Å²) in [6, 6.07) is 10.1. The van der Waals surface area contributed by atoms with Crippen LogP contribution in [0.5, 0.6) is 11.5 Å². The molecule has 1 aliphatic rings. The van der Waals surface area contributed by atoms with Gasteiger partial charge in [-0.15, -0.1) is 0 Å². The summed E-state index contributed by atoms with van der Waals surface area (Å²) in [5.41, 5.74) is 0.637. The highest BCUT2D eigenvalue weighted by molar-refractivity contribution is 6.04. The predicted molar refractivity (Wildman–Crippen MR) is 108 cm³/mol. The summed E-state index contributed by atoms with van der Waals surface area (Å²) >= 11 is 0. The Morgan fingerprint density at radius 2 is 2.07 bits per heavy atom. The lowest BCUT2D eigenvalue weighted by molar-refractivity contribution is -0.125. The second kappa shape index (κ2) is 9.39. The number of ether oxygens (including phenoxy) is 2. The lowest BCUT2D eigenvalue weighted by Gasteiger charge is -2.29. The number of anilines is 1. The van der Waals surface area contributed by atoms with E-state index < -0.39 is 5.82 Å². The number of hydrogen-bond donors (Lipinski definition) is 1. The summed E-state index contributed by atoms with van der Waals surface area (Å²) in [6.45, 7) is 3.17. The van der Waals surface area contributed by atoms with Gasteiger partial charge < -0.3 is 14.8 Å². The zero-order valence-electron chi connectivity index (χ0n) is 16.8. The summed E-state index contributed by atoms with van der Waals surface area (Å²) in [7, 11) is 0. The molecule has 0 saturated carbocycles. The monoisotopic (exact) mass is 414 g/mol. The number of nitrogens with zero attached hydrogens (tertiary/aromatic N) is 1. The average molecular weight is 414 g/mol. The second-order valence-electron chi connectivity index (χ2n) is 7.00. The van der Waals surface area contributed by atoms with Crippen molar-refractivity contribution in [3.05, 3.63) is 53.8 Å². The van der Waals surface area contributed by atoms with Gasteiger partial charge >= 0.3 is 0 Å². The van der Waals surface area contributed by atoms with Gasteiger partial charge in [-0.1, -0.05) is 13.0 Å². The van der Waals surface area contributed by atoms with Crippen molar-refractivity contribution in [3.8, 4) is 11.5 Å². The minimum Gasteiger partial charge on any atom is -0.485 e. The molecule has 0 saturated heterocycles. The van der Waals surface area contributed by atoms with E-state index in [4.69, 9.17) is 9.47 Å². The Morgan fingerprint density at radius 1 is 1.27 bits per heavy atom. The van der Waals surface area contributed by atoms with Crippen LogP contribution < -0.4 is 19.7 Å². The number of nitrogens with one attached hydrogen (secondary N) is 1. The van der Waals surface area contributed by atoms with Gasteiger partial charge in [0.25, 0.3) is 5.91 Å². The molecule has 1 aliphatic heterocycles. The minimum atomic E-state index is -0.462. The maximum atomic E-state index is 13.2. The molecule has 3 rings (SSSR count). The van der Waals surface area contributed by atoms with Crippen molar-refractivity contribution >= 4 is 23.3 Å². The molecule has 30 heavy (non-hydrogen) atoms. The lowest BCUT2D eigenvalue weighted by atomic mass is 10.1. The number of benzene rings is 2. The molecule has 0 bridgehead atoms. The molecule has 2 aromatic carbocycles. The molecule has 1 unspecified atom stereocenters. The molecular weight excluding hydrogens is 391 g/mol. The largest absolute Gasteiger partial charge is 0.485 e. The van der Waals surface area contributed by atoms with E-state index in [0.29, 0.717) is 11.4 Å². The van der Waals surface area contributed by atoms with Gasteiger partial charge in [-0.2, -0.15) is 0 Å². The molecule has 7 nitrogen and oxygen atoms in total. The van der Waals surface area contributed by atoms with Crippen LogP contribution in [0.1, 0.15) is 30.6 Å². The van der Waals surface area contributed by atoms with Gasteiger partial charge in [0.05, 0.1) is 5.69 Å². The van der Waals surface area contributed by atoms with Crippen molar-refractivity contribution in [1.82, 2.24) is 5.32 Å². The normalized spacial score (nSPS) is 13.8. The van der Waals surface area contributed by atoms with E-state index in [1.807, 2.05) is 13.8 Å². The number of ketones is 1. The minimum absolute atomic E-state index is 0.0130. The van der Waals surface area contributed by atoms with E-state index in [2.05, 4.69) is 5.32 Å². The number of halogens is 1.